The lowest BCUT2D eigenvalue weighted by molar-refractivity contribution is 0.236. The summed E-state index contributed by atoms with van der Waals surface area (Å²) in [5.74, 6) is 0.278. The van der Waals surface area contributed by atoms with Gasteiger partial charge in [-0.2, -0.15) is 0 Å². The third-order valence-corrected chi connectivity index (χ3v) is 2.79. The zero-order valence-electron chi connectivity index (χ0n) is 7.53. The largest absolute Gasteiger partial charge is 0.396 e. The fourth-order valence-corrected chi connectivity index (χ4v) is 2.01. The highest BCUT2D eigenvalue weighted by atomic mass is 32.1. The Hall–Kier alpha value is -0.380. The molecule has 0 unspecified atom stereocenters. The Morgan fingerprint density at radius 2 is 2.33 bits per heavy atom. The van der Waals surface area contributed by atoms with Crippen molar-refractivity contribution in [2.75, 3.05) is 27.2 Å². The Morgan fingerprint density at radius 1 is 1.58 bits per heavy atom. The molecule has 0 spiro atoms. The number of rotatable bonds is 4. The highest BCUT2D eigenvalue weighted by Gasteiger charge is 2.11. The van der Waals surface area contributed by atoms with Crippen LogP contribution in [0.1, 0.15) is 10.8 Å². The standard InChI is InChI=1S/C9H15NOS/c1-10(2)6-8(7-11)9-4-3-5-12-9/h3-5,8,11H,6-7H2,1-2H3/t8-/m0/s1. The van der Waals surface area contributed by atoms with E-state index in [1.54, 1.807) is 11.3 Å². The summed E-state index contributed by atoms with van der Waals surface area (Å²) in [4.78, 5) is 3.37. The van der Waals surface area contributed by atoms with E-state index in [9.17, 15) is 0 Å². The smallest absolute Gasteiger partial charge is 0.0520 e. The van der Waals surface area contributed by atoms with Crippen LogP contribution in [0.3, 0.4) is 0 Å². The second-order valence-corrected chi connectivity index (χ2v) is 4.14. The van der Waals surface area contributed by atoms with Crippen LogP contribution in [-0.4, -0.2) is 37.3 Å². The maximum absolute atomic E-state index is 9.13. The number of thiophene rings is 1. The van der Waals surface area contributed by atoms with Gasteiger partial charge in [-0.1, -0.05) is 6.07 Å². The van der Waals surface area contributed by atoms with Gasteiger partial charge in [0.1, 0.15) is 0 Å². The van der Waals surface area contributed by atoms with Crippen molar-refractivity contribution >= 4 is 11.3 Å². The van der Waals surface area contributed by atoms with E-state index in [1.165, 1.54) is 4.88 Å². The van der Waals surface area contributed by atoms with E-state index in [4.69, 9.17) is 5.11 Å². The van der Waals surface area contributed by atoms with Crippen molar-refractivity contribution in [2.45, 2.75) is 5.92 Å². The van der Waals surface area contributed by atoms with E-state index in [2.05, 4.69) is 11.0 Å². The first-order valence-electron chi connectivity index (χ1n) is 4.03. The highest BCUT2D eigenvalue weighted by molar-refractivity contribution is 7.10. The van der Waals surface area contributed by atoms with Crippen LogP contribution in [0.25, 0.3) is 0 Å². The molecule has 68 valence electrons. The van der Waals surface area contributed by atoms with Gasteiger partial charge in [-0.15, -0.1) is 11.3 Å². The number of hydrogen-bond donors (Lipinski definition) is 1. The van der Waals surface area contributed by atoms with Gasteiger partial charge in [-0.3, -0.25) is 0 Å². The van der Waals surface area contributed by atoms with Crippen molar-refractivity contribution in [3.8, 4) is 0 Å². The second-order valence-electron chi connectivity index (χ2n) is 3.16. The average molecular weight is 185 g/mol. The van der Waals surface area contributed by atoms with Crippen LogP contribution >= 0.6 is 11.3 Å². The van der Waals surface area contributed by atoms with Crippen molar-refractivity contribution in [2.24, 2.45) is 0 Å². The molecule has 1 atom stereocenters. The van der Waals surface area contributed by atoms with Gasteiger partial charge in [0.2, 0.25) is 0 Å². The molecule has 0 radical (unpaired) electrons. The van der Waals surface area contributed by atoms with Crippen LogP contribution in [-0.2, 0) is 0 Å². The molecule has 0 saturated carbocycles. The first-order chi connectivity index (χ1) is 5.74. The zero-order chi connectivity index (χ0) is 8.97. The zero-order valence-corrected chi connectivity index (χ0v) is 8.34. The summed E-state index contributed by atoms with van der Waals surface area (Å²) < 4.78 is 0. The fourth-order valence-electron chi connectivity index (χ4n) is 1.20. The number of aliphatic hydroxyl groups is 1. The van der Waals surface area contributed by atoms with Crippen LogP contribution in [0.2, 0.25) is 0 Å². The van der Waals surface area contributed by atoms with Crippen LogP contribution < -0.4 is 0 Å². The van der Waals surface area contributed by atoms with Crippen molar-refractivity contribution in [1.82, 2.24) is 4.90 Å². The van der Waals surface area contributed by atoms with Gasteiger partial charge in [0.25, 0.3) is 0 Å². The Balaban J connectivity index is 2.57. The summed E-state index contributed by atoms with van der Waals surface area (Å²) in [6.45, 7) is 1.15. The van der Waals surface area contributed by atoms with Gasteiger partial charge < -0.3 is 10.0 Å². The molecule has 0 aliphatic carbocycles. The van der Waals surface area contributed by atoms with E-state index in [-0.39, 0.29) is 12.5 Å². The van der Waals surface area contributed by atoms with Gasteiger partial charge in [-0.05, 0) is 25.5 Å². The molecule has 0 amide bonds. The molecule has 1 rings (SSSR count). The first-order valence-corrected chi connectivity index (χ1v) is 4.91. The molecule has 0 fully saturated rings. The van der Waals surface area contributed by atoms with Crippen LogP contribution in [0.5, 0.6) is 0 Å². The van der Waals surface area contributed by atoms with E-state index < -0.39 is 0 Å². The van der Waals surface area contributed by atoms with Crippen LogP contribution in [0.4, 0.5) is 0 Å². The molecular weight excluding hydrogens is 170 g/mol. The topological polar surface area (TPSA) is 23.5 Å². The normalized spacial score (nSPS) is 13.7. The van der Waals surface area contributed by atoms with Crippen molar-refractivity contribution in [1.29, 1.82) is 0 Å². The molecule has 0 aliphatic heterocycles. The number of aliphatic hydroxyl groups excluding tert-OH is 1. The molecule has 1 aromatic heterocycles. The summed E-state index contributed by atoms with van der Waals surface area (Å²) in [7, 11) is 4.05. The Kier molecular flexibility index (Phi) is 3.72. The third-order valence-electron chi connectivity index (χ3n) is 1.75. The molecular formula is C9H15NOS. The minimum Gasteiger partial charge on any atom is -0.396 e. The molecule has 1 N–H and O–H groups in total. The van der Waals surface area contributed by atoms with Gasteiger partial charge >= 0.3 is 0 Å². The Labute approximate surface area is 77.5 Å². The number of hydrogen-bond acceptors (Lipinski definition) is 3. The minimum absolute atomic E-state index is 0.235. The van der Waals surface area contributed by atoms with E-state index in [1.807, 2.05) is 25.5 Å². The molecule has 0 aromatic carbocycles. The van der Waals surface area contributed by atoms with Gasteiger partial charge in [0.05, 0.1) is 6.61 Å². The van der Waals surface area contributed by atoms with E-state index in [0.29, 0.717) is 0 Å². The predicted molar refractivity (Wildman–Crippen MR) is 52.7 cm³/mol. The van der Waals surface area contributed by atoms with Crippen molar-refractivity contribution in [3.63, 3.8) is 0 Å². The molecule has 0 aliphatic rings. The predicted octanol–water partition coefficient (Wildman–Crippen LogP) is 1.39. The van der Waals surface area contributed by atoms with Crippen LogP contribution in [0.15, 0.2) is 17.5 Å². The summed E-state index contributed by atoms with van der Waals surface area (Å²) >= 11 is 1.71. The molecule has 0 saturated heterocycles. The molecule has 3 heteroatoms. The van der Waals surface area contributed by atoms with Crippen molar-refractivity contribution < 1.29 is 5.11 Å². The maximum Gasteiger partial charge on any atom is 0.0520 e. The lowest BCUT2D eigenvalue weighted by Gasteiger charge is -2.17. The monoisotopic (exact) mass is 185 g/mol. The summed E-state index contributed by atoms with van der Waals surface area (Å²) in [6, 6.07) is 4.10. The summed E-state index contributed by atoms with van der Waals surface area (Å²) in [5, 5.41) is 11.2. The fraction of sp³-hybridized carbons (Fsp3) is 0.556. The number of nitrogens with zero attached hydrogens (tertiary/aromatic N) is 1. The van der Waals surface area contributed by atoms with Gasteiger partial charge in [-0.25, -0.2) is 0 Å². The van der Waals surface area contributed by atoms with E-state index in [0.717, 1.165) is 6.54 Å². The molecule has 1 aromatic rings. The molecule has 1 heterocycles. The van der Waals surface area contributed by atoms with Gasteiger partial charge in [0.15, 0.2) is 0 Å². The third kappa shape index (κ3) is 2.59. The summed E-state index contributed by atoms with van der Waals surface area (Å²) in [6.07, 6.45) is 0. The molecule has 12 heavy (non-hydrogen) atoms. The summed E-state index contributed by atoms with van der Waals surface area (Å²) in [5.41, 5.74) is 0. The molecule has 0 bridgehead atoms. The highest BCUT2D eigenvalue weighted by Crippen LogP contribution is 2.20. The lowest BCUT2D eigenvalue weighted by atomic mass is 10.1. The quantitative estimate of drug-likeness (QED) is 0.766. The first kappa shape index (κ1) is 9.71. The van der Waals surface area contributed by atoms with Crippen molar-refractivity contribution in [3.05, 3.63) is 22.4 Å². The average Bonchev–Trinajstić information content (AvgIpc) is 2.51. The Bertz CT molecular complexity index is 208. The SMILES string of the molecule is CN(C)C[C@@H](CO)c1cccs1. The maximum atomic E-state index is 9.13. The minimum atomic E-state index is 0.235. The van der Waals surface area contributed by atoms with E-state index >= 15 is 0 Å². The van der Waals surface area contributed by atoms with Gasteiger partial charge in [0, 0.05) is 17.3 Å². The number of likely N-dealkylation sites (N-methyl/N-ethyl adjacent to an activating group) is 1. The molecule has 2 nitrogen and oxygen atoms in total. The lowest BCUT2D eigenvalue weighted by Crippen LogP contribution is -2.21. The second kappa shape index (κ2) is 4.60. The Morgan fingerprint density at radius 3 is 2.75 bits per heavy atom. The van der Waals surface area contributed by atoms with Crippen LogP contribution in [0, 0.1) is 0 Å².